The molecule has 2 amide bonds. The normalized spacial score (nSPS) is 11.7. The van der Waals surface area contributed by atoms with Crippen molar-refractivity contribution in [3.63, 3.8) is 0 Å². The second kappa shape index (κ2) is 9.57. The van der Waals surface area contributed by atoms with E-state index >= 15 is 0 Å². The molecule has 3 N–H and O–H groups in total. The lowest BCUT2D eigenvalue weighted by molar-refractivity contribution is -0.903. The number of amides is 2. The zero-order chi connectivity index (χ0) is 19.1. The predicted octanol–water partition coefficient (Wildman–Crippen LogP) is 3.00. The van der Waals surface area contributed by atoms with E-state index in [-0.39, 0.29) is 11.8 Å². The third-order valence-corrected chi connectivity index (χ3v) is 4.44. The van der Waals surface area contributed by atoms with E-state index in [1.165, 1.54) is 6.92 Å². The number of nitrogens with one attached hydrogen (secondary N) is 3. The highest BCUT2D eigenvalue weighted by Gasteiger charge is 2.15. The van der Waals surface area contributed by atoms with E-state index in [0.717, 1.165) is 17.0 Å². The number of anilines is 2. The molecule has 0 aromatic heterocycles. The van der Waals surface area contributed by atoms with Crippen molar-refractivity contribution in [1.29, 1.82) is 0 Å². The van der Waals surface area contributed by atoms with Crippen LogP contribution in [-0.4, -0.2) is 24.9 Å². The van der Waals surface area contributed by atoms with Crippen molar-refractivity contribution in [2.24, 2.45) is 0 Å². The maximum atomic E-state index is 12.3. The summed E-state index contributed by atoms with van der Waals surface area (Å²) in [5, 5.41) is 6.76. The summed E-state index contributed by atoms with van der Waals surface area (Å²) in [4.78, 5) is 24.4. The van der Waals surface area contributed by atoms with E-state index < -0.39 is 0 Å². The van der Waals surface area contributed by atoms with Crippen LogP contribution in [0.4, 0.5) is 11.4 Å². The molecule has 5 nitrogen and oxygen atoms in total. The van der Waals surface area contributed by atoms with Crippen molar-refractivity contribution in [2.75, 3.05) is 23.7 Å². The predicted molar refractivity (Wildman–Crippen MR) is 106 cm³/mol. The fourth-order valence-electron chi connectivity index (χ4n) is 2.52. The lowest BCUT2D eigenvalue weighted by atomic mass is 10.2. The van der Waals surface area contributed by atoms with E-state index in [0.29, 0.717) is 34.5 Å². The van der Waals surface area contributed by atoms with Crippen molar-refractivity contribution < 1.29 is 14.5 Å². The molecule has 0 radical (unpaired) electrons. The average molecular weight is 395 g/mol. The Kier molecular flexibility index (Phi) is 7.45. The largest absolute Gasteiger partial charge is 0.326 e. The van der Waals surface area contributed by atoms with Gasteiger partial charge in [0.15, 0.2) is 6.54 Å². The molecule has 0 aliphatic carbocycles. The molecule has 26 heavy (non-hydrogen) atoms. The standard InChI is InChI=1S/C19H21Cl2N3O2/c1-3-24(11-14-4-5-15(20)10-18(14)21)12-19(26)23-17-8-6-16(7-9-17)22-13(2)25/h4-10H,3,11-12H2,1-2H3,(H,22,25)(H,23,26)/p+1. The Morgan fingerprint density at radius 1 is 1.00 bits per heavy atom. The number of carbonyl (C=O) groups excluding carboxylic acids is 2. The zero-order valence-electron chi connectivity index (χ0n) is 14.7. The Balaban J connectivity index is 1.93. The summed E-state index contributed by atoms with van der Waals surface area (Å²) in [7, 11) is 0. The van der Waals surface area contributed by atoms with Crippen molar-refractivity contribution in [1.82, 2.24) is 0 Å². The molecule has 0 heterocycles. The van der Waals surface area contributed by atoms with Crippen LogP contribution in [0.3, 0.4) is 0 Å². The molecule has 1 atom stereocenters. The van der Waals surface area contributed by atoms with Gasteiger partial charge in [-0.05, 0) is 43.3 Å². The summed E-state index contributed by atoms with van der Waals surface area (Å²) < 4.78 is 0. The minimum absolute atomic E-state index is 0.0841. The van der Waals surface area contributed by atoms with Gasteiger partial charge < -0.3 is 15.5 Å². The average Bonchev–Trinajstić information content (AvgIpc) is 2.57. The molecular formula is C19H22Cl2N3O2+. The van der Waals surface area contributed by atoms with Gasteiger partial charge in [0.05, 0.1) is 11.6 Å². The fourth-order valence-corrected chi connectivity index (χ4v) is 2.99. The zero-order valence-corrected chi connectivity index (χ0v) is 16.2. The maximum Gasteiger partial charge on any atom is 0.279 e. The van der Waals surface area contributed by atoms with Gasteiger partial charge in [-0.3, -0.25) is 9.59 Å². The van der Waals surface area contributed by atoms with Crippen molar-refractivity contribution in [2.45, 2.75) is 20.4 Å². The third-order valence-electron chi connectivity index (χ3n) is 3.86. The number of hydrogen-bond donors (Lipinski definition) is 3. The van der Waals surface area contributed by atoms with Gasteiger partial charge in [-0.1, -0.05) is 29.3 Å². The van der Waals surface area contributed by atoms with Crippen LogP contribution < -0.4 is 15.5 Å². The van der Waals surface area contributed by atoms with Crippen LogP contribution in [-0.2, 0) is 16.1 Å². The van der Waals surface area contributed by atoms with Crippen LogP contribution in [0.15, 0.2) is 42.5 Å². The molecule has 0 aliphatic heterocycles. The monoisotopic (exact) mass is 394 g/mol. The van der Waals surface area contributed by atoms with Crippen LogP contribution >= 0.6 is 23.2 Å². The number of rotatable bonds is 7. The van der Waals surface area contributed by atoms with E-state index in [2.05, 4.69) is 10.6 Å². The first-order valence-corrected chi connectivity index (χ1v) is 9.08. The number of hydrogen-bond acceptors (Lipinski definition) is 2. The molecule has 2 rings (SSSR count). The highest BCUT2D eigenvalue weighted by Crippen LogP contribution is 2.20. The molecule has 0 bridgehead atoms. The minimum Gasteiger partial charge on any atom is -0.326 e. The molecule has 1 unspecified atom stereocenters. The first kappa shape index (κ1) is 20.2. The first-order valence-electron chi connectivity index (χ1n) is 8.32. The number of carbonyl (C=O) groups is 2. The summed E-state index contributed by atoms with van der Waals surface area (Å²) in [6.45, 7) is 5.22. The highest BCUT2D eigenvalue weighted by atomic mass is 35.5. The molecule has 138 valence electrons. The number of benzene rings is 2. The molecule has 0 saturated carbocycles. The Hall–Kier alpha value is -2.08. The molecular weight excluding hydrogens is 373 g/mol. The van der Waals surface area contributed by atoms with Crippen molar-refractivity contribution >= 4 is 46.4 Å². The summed E-state index contributed by atoms with van der Waals surface area (Å²) >= 11 is 12.1. The second-order valence-corrected chi connectivity index (χ2v) is 6.84. The fraction of sp³-hybridized carbons (Fsp3) is 0.263. The molecule has 0 fully saturated rings. The Bertz CT molecular complexity index is 779. The number of halogens is 2. The van der Waals surface area contributed by atoms with E-state index in [9.17, 15) is 9.59 Å². The van der Waals surface area contributed by atoms with Gasteiger partial charge in [-0.25, -0.2) is 0 Å². The van der Waals surface area contributed by atoms with Gasteiger partial charge >= 0.3 is 0 Å². The lowest BCUT2D eigenvalue weighted by Crippen LogP contribution is -3.11. The highest BCUT2D eigenvalue weighted by molar-refractivity contribution is 6.35. The van der Waals surface area contributed by atoms with Crippen molar-refractivity contribution in [3.8, 4) is 0 Å². The van der Waals surface area contributed by atoms with Gasteiger partial charge in [0, 0.05) is 28.9 Å². The first-order chi connectivity index (χ1) is 12.4. The summed E-state index contributed by atoms with van der Waals surface area (Å²) in [6.07, 6.45) is 0. The van der Waals surface area contributed by atoms with Crippen LogP contribution in [0.1, 0.15) is 19.4 Å². The van der Waals surface area contributed by atoms with Crippen LogP contribution in [0.2, 0.25) is 10.0 Å². The van der Waals surface area contributed by atoms with Crippen LogP contribution in [0.25, 0.3) is 0 Å². The molecule has 0 aliphatic rings. The van der Waals surface area contributed by atoms with Crippen LogP contribution in [0, 0.1) is 0 Å². The number of quaternary nitrogens is 1. The Labute approximate surface area is 163 Å². The minimum atomic E-state index is -0.134. The van der Waals surface area contributed by atoms with Crippen molar-refractivity contribution in [3.05, 3.63) is 58.1 Å². The lowest BCUT2D eigenvalue weighted by Gasteiger charge is -2.18. The Morgan fingerprint density at radius 3 is 2.15 bits per heavy atom. The third kappa shape index (κ3) is 6.33. The van der Waals surface area contributed by atoms with Gasteiger partial charge in [0.2, 0.25) is 5.91 Å². The smallest absolute Gasteiger partial charge is 0.279 e. The van der Waals surface area contributed by atoms with E-state index in [1.807, 2.05) is 13.0 Å². The van der Waals surface area contributed by atoms with Gasteiger partial charge in [-0.2, -0.15) is 0 Å². The molecule has 7 heteroatoms. The van der Waals surface area contributed by atoms with E-state index in [4.69, 9.17) is 23.2 Å². The van der Waals surface area contributed by atoms with Gasteiger partial charge in [0.25, 0.3) is 5.91 Å². The van der Waals surface area contributed by atoms with Crippen LogP contribution in [0.5, 0.6) is 0 Å². The van der Waals surface area contributed by atoms with Gasteiger partial charge in [0.1, 0.15) is 6.54 Å². The summed E-state index contributed by atoms with van der Waals surface area (Å²) in [5.74, 6) is -0.218. The molecule has 0 spiro atoms. The summed E-state index contributed by atoms with van der Waals surface area (Å²) in [5.41, 5.74) is 2.33. The topological polar surface area (TPSA) is 62.6 Å². The SMILES string of the molecule is CC[NH+](CC(=O)Nc1ccc(NC(C)=O)cc1)Cc1ccc(Cl)cc1Cl. The maximum absolute atomic E-state index is 12.3. The Morgan fingerprint density at radius 2 is 1.62 bits per heavy atom. The van der Waals surface area contributed by atoms with E-state index in [1.54, 1.807) is 36.4 Å². The molecule has 2 aromatic rings. The molecule has 0 saturated heterocycles. The molecule has 2 aromatic carbocycles. The second-order valence-electron chi connectivity index (χ2n) is 6.00. The van der Waals surface area contributed by atoms with Gasteiger partial charge in [-0.15, -0.1) is 0 Å². The summed E-state index contributed by atoms with van der Waals surface area (Å²) in [6, 6.07) is 12.4. The quantitative estimate of drug-likeness (QED) is 0.675. The number of likely N-dealkylation sites (N-methyl/N-ethyl adjacent to an activating group) is 1.